The van der Waals surface area contributed by atoms with Gasteiger partial charge < -0.3 is 0 Å². The lowest BCUT2D eigenvalue weighted by Crippen LogP contribution is -1.93. The molecule has 1 aliphatic rings. The first-order valence-electron chi connectivity index (χ1n) is 8.59. The van der Waals surface area contributed by atoms with Crippen molar-refractivity contribution in [3.05, 3.63) is 59.2 Å². The lowest BCUT2D eigenvalue weighted by molar-refractivity contribution is 0.607. The van der Waals surface area contributed by atoms with Gasteiger partial charge in [0.2, 0.25) is 0 Å². The van der Waals surface area contributed by atoms with Crippen molar-refractivity contribution in [2.75, 3.05) is 0 Å². The standard InChI is InChI=1S/C21H26/c1-2-3-4-5-6-7-11-17-13-10-15-20-19-14-9-8-12-18(19)16-21(17)20/h8-10,12-15H,2-7,11,16H2,1H3. The van der Waals surface area contributed by atoms with Crippen molar-refractivity contribution < 1.29 is 0 Å². The van der Waals surface area contributed by atoms with E-state index < -0.39 is 0 Å². The molecule has 0 nitrogen and oxygen atoms in total. The second-order valence-corrected chi connectivity index (χ2v) is 6.29. The third kappa shape index (κ3) is 3.20. The van der Waals surface area contributed by atoms with Gasteiger partial charge in [-0.2, -0.15) is 0 Å². The number of benzene rings is 2. The fraction of sp³-hybridized carbons (Fsp3) is 0.429. The highest BCUT2D eigenvalue weighted by molar-refractivity contribution is 5.77. The molecule has 0 aliphatic heterocycles. The molecular weight excluding hydrogens is 252 g/mol. The van der Waals surface area contributed by atoms with E-state index in [4.69, 9.17) is 0 Å². The Morgan fingerprint density at radius 1 is 0.762 bits per heavy atom. The van der Waals surface area contributed by atoms with E-state index >= 15 is 0 Å². The van der Waals surface area contributed by atoms with Gasteiger partial charge >= 0.3 is 0 Å². The zero-order chi connectivity index (χ0) is 14.5. The molecule has 110 valence electrons. The van der Waals surface area contributed by atoms with Gasteiger partial charge in [-0.05, 0) is 47.1 Å². The molecule has 0 unspecified atom stereocenters. The van der Waals surface area contributed by atoms with Crippen LogP contribution in [0.5, 0.6) is 0 Å². The summed E-state index contributed by atoms with van der Waals surface area (Å²) >= 11 is 0. The Hall–Kier alpha value is -1.56. The molecule has 0 bridgehead atoms. The summed E-state index contributed by atoms with van der Waals surface area (Å²) < 4.78 is 0. The normalized spacial score (nSPS) is 12.2. The number of fused-ring (bicyclic) bond motifs is 3. The molecule has 1 aliphatic carbocycles. The zero-order valence-electron chi connectivity index (χ0n) is 13.2. The first kappa shape index (κ1) is 14.4. The van der Waals surface area contributed by atoms with E-state index in [9.17, 15) is 0 Å². The molecule has 3 rings (SSSR count). The van der Waals surface area contributed by atoms with E-state index in [0.29, 0.717) is 0 Å². The zero-order valence-corrected chi connectivity index (χ0v) is 13.2. The summed E-state index contributed by atoms with van der Waals surface area (Å²) in [6, 6.07) is 15.8. The van der Waals surface area contributed by atoms with Gasteiger partial charge in [0.25, 0.3) is 0 Å². The molecule has 0 saturated carbocycles. The number of aryl methyl sites for hydroxylation is 1. The maximum atomic E-state index is 2.34. The van der Waals surface area contributed by atoms with Crippen LogP contribution in [0.1, 0.15) is 62.1 Å². The van der Waals surface area contributed by atoms with Crippen LogP contribution in [-0.4, -0.2) is 0 Å². The molecule has 2 aromatic rings. The summed E-state index contributed by atoms with van der Waals surface area (Å²) in [5.74, 6) is 0. The van der Waals surface area contributed by atoms with Crippen LogP contribution in [0.2, 0.25) is 0 Å². The van der Waals surface area contributed by atoms with E-state index in [1.165, 1.54) is 61.6 Å². The quantitative estimate of drug-likeness (QED) is 0.454. The van der Waals surface area contributed by atoms with Crippen molar-refractivity contribution in [2.24, 2.45) is 0 Å². The van der Waals surface area contributed by atoms with Gasteiger partial charge in [-0.15, -0.1) is 0 Å². The van der Waals surface area contributed by atoms with Crippen molar-refractivity contribution in [1.29, 1.82) is 0 Å². The van der Waals surface area contributed by atoms with Crippen LogP contribution >= 0.6 is 0 Å². The molecule has 0 saturated heterocycles. The number of hydrogen-bond acceptors (Lipinski definition) is 0. The molecule has 0 amide bonds. The van der Waals surface area contributed by atoms with Gasteiger partial charge in [0.15, 0.2) is 0 Å². The predicted octanol–water partition coefficient (Wildman–Crippen LogP) is 6.16. The van der Waals surface area contributed by atoms with E-state index in [1.54, 1.807) is 11.1 Å². The third-order valence-corrected chi connectivity index (χ3v) is 4.75. The molecule has 0 fully saturated rings. The highest BCUT2D eigenvalue weighted by Crippen LogP contribution is 2.38. The fourth-order valence-corrected chi connectivity index (χ4v) is 3.55. The van der Waals surface area contributed by atoms with Gasteiger partial charge in [-0.3, -0.25) is 0 Å². The molecule has 0 aromatic heterocycles. The molecule has 0 heteroatoms. The van der Waals surface area contributed by atoms with Gasteiger partial charge in [-0.1, -0.05) is 81.5 Å². The van der Waals surface area contributed by atoms with E-state index in [1.807, 2.05) is 0 Å². The largest absolute Gasteiger partial charge is 0.0654 e. The molecular formula is C21H26. The van der Waals surface area contributed by atoms with Crippen molar-refractivity contribution in [3.8, 4) is 11.1 Å². The number of unbranched alkanes of at least 4 members (excludes halogenated alkanes) is 5. The number of rotatable bonds is 7. The van der Waals surface area contributed by atoms with Crippen LogP contribution in [0.25, 0.3) is 11.1 Å². The summed E-state index contributed by atoms with van der Waals surface area (Å²) in [6.07, 6.45) is 10.7. The smallest absolute Gasteiger partial charge is 0.00107 e. The Labute approximate surface area is 129 Å². The minimum atomic E-state index is 1.14. The monoisotopic (exact) mass is 278 g/mol. The van der Waals surface area contributed by atoms with Crippen LogP contribution in [0.15, 0.2) is 42.5 Å². The average Bonchev–Trinajstić information content (AvgIpc) is 2.90. The maximum Gasteiger partial charge on any atom is -0.00107 e. The van der Waals surface area contributed by atoms with Gasteiger partial charge in [0, 0.05) is 0 Å². The van der Waals surface area contributed by atoms with Crippen molar-refractivity contribution in [3.63, 3.8) is 0 Å². The van der Waals surface area contributed by atoms with Crippen LogP contribution in [0.3, 0.4) is 0 Å². The summed E-state index contributed by atoms with van der Waals surface area (Å²) in [5, 5.41) is 0. The highest BCUT2D eigenvalue weighted by Gasteiger charge is 2.19. The SMILES string of the molecule is CCCCCCCCc1cccc2c1Cc1ccccc1-2. The minimum absolute atomic E-state index is 1.14. The Bertz CT molecular complexity index is 595. The van der Waals surface area contributed by atoms with Crippen molar-refractivity contribution in [1.82, 2.24) is 0 Å². The minimum Gasteiger partial charge on any atom is -0.0654 e. The lowest BCUT2D eigenvalue weighted by Gasteiger charge is -2.08. The van der Waals surface area contributed by atoms with Crippen molar-refractivity contribution >= 4 is 0 Å². The topological polar surface area (TPSA) is 0 Å². The van der Waals surface area contributed by atoms with Crippen molar-refractivity contribution in [2.45, 2.75) is 58.3 Å². The Morgan fingerprint density at radius 2 is 1.52 bits per heavy atom. The summed E-state index contributed by atoms with van der Waals surface area (Å²) in [4.78, 5) is 0. The van der Waals surface area contributed by atoms with Gasteiger partial charge in [0.1, 0.15) is 0 Å². The molecule has 0 spiro atoms. The highest BCUT2D eigenvalue weighted by atomic mass is 14.2. The summed E-state index contributed by atoms with van der Waals surface area (Å²) in [5.41, 5.74) is 7.61. The predicted molar refractivity (Wildman–Crippen MR) is 91.8 cm³/mol. The Balaban J connectivity index is 1.64. The van der Waals surface area contributed by atoms with Crippen LogP contribution in [0.4, 0.5) is 0 Å². The molecule has 21 heavy (non-hydrogen) atoms. The first-order chi connectivity index (χ1) is 10.4. The molecule has 0 atom stereocenters. The second-order valence-electron chi connectivity index (χ2n) is 6.29. The first-order valence-corrected chi connectivity index (χ1v) is 8.59. The Morgan fingerprint density at radius 3 is 2.43 bits per heavy atom. The van der Waals surface area contributed by atoms with Gasteiger partial charge in [0.05, 0.1) is 0 Å². The van der Waals surface area contributed by atoms with Crippen LogP contribution in [-0.2, 0) is 12.8 Å². The van der Waals surface area contributed by atoms with Gasteiger partial charge in [-0.25, -0.2) is 0 Å². The second kappa shape index (κ2) is 6.93. The number of hydrogen-bond donors (Lipinski definition) is 0. The maximum absolute atomic E-state index is 2.34. The van der Waals surface area contributed by atoms with Crippen LogP contribution < -0.4 is 0 Å². The Kier molecular flexibility index (Phi) is 4.75. The summed E-state index contributed by atoms with van der Waals surface area (Å²) in [6.45, 7) is 2.28. The van der Waals surface area contributed by atoms with Crippen LogP contribution in [0, 0.1) is 0 Å². The lowest BCUT2D eigenvalue weighted by atomic mass is 9.97. The molecule has 0 N–H and O–H groups in total. The molecule has 0 radical (unpaired) electrons. The van der Waals surface area contributed by atoms with E-state index in [-0.39, 0.29) is 0 Å². The average molecular weight is 278 g/mol. The molecule has 2 aromatic carbocycles. The fourth-order valence-electron chi connectivity index (χ4n) is 3.55. The van der Waals surface area contributed by atoms with E-state index in [0.717, 1.165) is 6.42 Å². The summed E-state index contributed by atoms with van der Waals surface area (Å²) in [7, 11) is 0. The molecule has 0 heterocycles. The van der Waals surface area contributed by atoms with E-state index in [2.05, 4.69) is 49.4 Å². The third-order valence-electron chi connectivity index (χ3n) is 4.75.